The van der Waals surface area contributed by atoms with Gasteiger partial charge in [0.2, 0.25) is 5.91 Å². The van der Waals surface area contributed by atoms with Gasteiger partial charge in [0.05, 0.1) is 17.7 Å². The van der Waals surface area contributed by atoms with Crippen molar-refractivity contribution in [2.45, 2.75) is 31.7 Å². The lowest BCUT2D eigenvalue weighted by Gasteiger charge is -2.10. The smallest absolute Gasteiger partial charge is 0.272 e. The lowest BCUT2D eigenvalue weighted by Crippen LogP contribution is -2.30. The number of rotatable bonds is 8. The Morgan fingerprint density at radius 2 is 2.00 bits per heavy atom. The van der Waals surface area contributed by atoms with Gasteiger partial charge in [0.15, 0.2) is 0 Å². The summed E-state index contributed by atoms with van der Waals surface area (Å²) in [7, 11) is 0. The molecule has 0 saturated carbocycles. The van der Waals surface area contributed by atoms with Crippen LogP contribution in [0.4, 0.5) is 5.69 Å². The Morgan fingerprint density at radius 1 is 1.13 bits per heavy atom. The fourth-order valence-electron chi connectivity index (χ4n) is 3.71. The van der Waals surface area contributed by atoms with Crippen molar-refractivity contribution < 1.29 is 9.53 Å². The van der Waals surface area contributed by atoms with Crippen molar-refractivity contribution >= 4 is 22.4 Å². The largest absolute Gasteiger partial charge is 0.380 e. The predicted molar refractivity (Wildman–Crippen MR) is 118 cm³/mol. The monoisotopic (exact) mass is 406 g/mol. The number of aromatic amines is 1. The van der Waals surface area contributed by atoms with Crippen molar-refractivity contribution in [1.29, 1.82) is 0 Å². The number of aromatic nitrogens is 2. The average Bonchev–Trinajstić information content (AvgIpc) is 3.28. The van der Waals surface area contributed by atoms with Gasteiger partial charge in [-0.1, -0.05) is 30.3 Å². The first kappa shape index (κ1) is 20.3. The quantitative estimate of drug-likeness (QED) is 0.500. The minimum atomic E-state index is -0.214. The molecule has 1 fully saturated rings. The summed E-state index contributed by atoms with van der Waals surface area (Å²) in [5.74, 6) is -0.00404. The van der Waals surface area contributed by atoms with Crippen molar-refractivity contribution in [3.05, 3.63) is 58.9 Å². The highest BCUT2D eigenvalue weighted by Gasteiger charge is 2.14. The Morgan fingerprint density at radius 3 is 2.83 bits per heavy atom. The number of fused-ring (bicyclic) bond motifs is 1. The van der Waals surface area contributed by atoms with E-state index in [4.69, 9.17) is 4.74 Å². The van der Waals surface area contributed by atoms with E-state index in [0.717, 1.165) is 55.7 Å². The summed E-state index contributed by atoms with van der Waals surface area (Å²) >= 11 is 0. The van der Waals surface area contributed by atoms with Gasteiger partial charge < -0.3 is 15.4 Å². The molecule has 30 heavy (non-hydrogen) atoms. The van der Waals surface area contributed by atoms with E-state index in [1.165, 1.54) is 0 Å². The van der Waals surface area contributed by atoms with Crippen LogP contribution in [0.15, 0.2) is 53.3 Å². The zero-order valence-corrected chi connectivity index (χ0v) is 16.8. The molecule has 3 aromatic rings. The zero-order chi connectivity index (χ0) is 20.8. The van der Waals surface area contributed by atoms with Gasteiger partial charge in [0, 0.05) is 35.7 Å². The molecule has 1 aliphatic rings. The Hall–Kier alpha value is -3.03. The number of anilines is 1. The molecule has 4 rings (SSSR count). The number of carbonyl (C=O) groups is 1. The van der Waals surface area contributed by atoms with E-state index in [-0.39, 0.29) is 11.5 Å². The maximum absolute atomic E-state index is 12.3. The number of carbonyl (C=O) groups excluding carboxylic acids is 1. The molecule has 1 aromatic heterocycles. The molecule has 1 atom stereocenters. The lowest BCUT2D eigenvalue weighted by atomic mass is 10.0. The third-order valence-electron chi connectivity index (χ3n) is 5.31. The molecular formula is C23H26N4O3. The zero-order valence-electron chi connectivity index (χ0n) is 16.8. The standard InChI is InChI=1S/C23H26N4O3/c28-21(10-3-4-12-24-18-11-13-30-15-18)25-17-7-5-6-16(14-17)22-19-8-1-2-9-20(19)23(29)27-26-22/h1-2,5-9,14,18,24H,3-4,10-13,15H2,(H,25,28)(H,27,29)/t18-/m1/s1. The number of unbranched alkanes of at least 4 members (excludes halogenated alkanes) is 1. The maximum Gasteiger partial charge on any atom is 0.272 e. The van der Waals surface area contributed by atoms with Crippen LogP contribution in [0.3, 0.4) is 0 Å². The summed E-state index contributed by atoms with van der Waals surface area (Å²) in [6.45, 7) is 2.53. The highest BCUT2D eigenvalue weighted by molar-refractivity contribution is 5.95. The number of amides is 1. The lowest BCUT2D eigenvalue weighted by molar-refractivity contribution is -0.116. The molecule has 1 amide bonds. The predicted octanol–water partition coefficient (Wildman–Crippen LogP) is 3.08. The number of ether oxygens (including phenoxy) is 1. The highest BCUT2D eigenvalue weighted by Crippen LogP contribution is 2.26. The van der Waals surface area contributed by atoms with Gasteiger partial charge >= 0.3 is 0 Å². The van der Waals surface area contributed by atoms with Gasteiger partial charge in [-0.2, -0.15) is 5.10 Å². The average molecular weight is 406 g/mol. The van der Waals surface area contributed by atoms with E-state index in [2.05, 4.69) is 20.8 Å². The first-order valence-corrected chi connectivity index (χ1v) is 10.4. The number of H-pyrrole nitrogens is 1. The summed E-state index contributed by atoms with van der Waals surface area (Å²) < 4.78 is 5.34. The first-order valence-electron chi connectivity index (χ1n) is 10.4. The van der Waals surface area contributed by atoms with Crippen LogP contribution >= 0.6 is 0 Å². The Kier molecular flexibility index (Phi) is 6.51. The number of hydrogen-bond donors (Lipinski definition) is 3. The van der Waals surface area contributed by atoms with E-state index in [9.17, 15) is 9.59 Å². The second-order valence-corrected chi connectivity index (χ2v) is 7.55. The van der Waals surface area contributed by atoms with Gasteiger partial charge in [-0.25, -0.2) is 5.10 Å². The van der Waals surface area contributed by atoms with Crippen LogP contribution < -0.4 is 16.2 Å². The van der Waals surface area contributed by atoms with Crippen LogP contribution in [-0.4, -0.2) is 41.9 Å². The van der Waals surface area contributed by atoms with E-state index < -0.39 is 0 Å². The molecule has 7 heteroatoms. The molecule has 0 spiro atoms. The number of nitrogens with one attached hydrogen (secondary N) is 3. The third kappa shape index (κ3) is 4.93. The van der Waals surface area contributed by atoms with Crippen LogP contribution in [0.1, 0.15) is 25.7 Å². The molecule has 0 bridgehead atoms. The van der Waals surface area contributed by atoms with Gasteiger partial charge in [-0.05, 0) is 44.0 Å². The second-order valence-electron chi connectivity index (χ2n) is 7.55. The molecule has 0 unspecified atom stereocenters. The van der Waals surface area contributed by atoms with Gasteiger partial charge in [-0.3, -0.25) is 9.59 Å². The molecule has 2 aromatic carbocycles. The fraction of sp³-hybridized carbons (Fsp3) is 0.348. The summed E-state index contributed by atoms with van der Waals surface area (Å²) in [6, 6.07) is 15.4. The van der Waals surface area contributed by atoms with Crippen molar-refractivity contribution in [2.24, 2.45) is 0 Å². The molecule has 0 radical (unpaired) electrons. The van der Waals surface area contributed by atoms with Crippen LogP contribution in [0, 0.1) is 0 Å². The van der Waals surface area contributed by atoms with Gasteiger partial charge in [0.1, 0.15) is 0 Å². The third-order valence-corrected chi connectivity index (χ3v) is 5.31. The normalized spacial score (nSPS) is 16.1. The first-order chi connectivity index (χ1) is 14.7. The van der Waals surface area contributed by atoms with Crippen molar-refractivity contribution in [1.82, 2.24) is 15.5 Å². The SMILES string of the molecule is O=C(CCCCN[C@@H]1CCOC1)Nc1cccc(-c2n[nH]c(=O)c3ccccc23)c1. The molecule has 3 N–H and O–H groups in total. The molecule has 2 heterocycles. The minimum absolute atomic E-state index is 0.00404. The second kappa shape index (κ2) is 9.65. The Balaban J connectivity index is 1.35. The van der Waals surface area contributed by atoms with Crippen molar-refractivity contribution in [2.75, 3.05) is 25.1 Å². The number of benzene rings is 2. The number of nitrogens with zero attached hydrogens (tertiary/aromatic N) is 1. The van der Waals surface area contributed by atoms with E-state index in [0.29, 0.717) is 23.5 Å². The Labute approximate surface area is 174 Å². The minimum Gasteiger partial charge on any atom is -0.380 e. The van der Waals surface area contributed by atoms with Crippen LogP contribution in [-0.2, 0) is 9.53 Å². The number of hydrogen-bond acceptors (Lipinski definition) is 5. The van der Waals surface area contributed by atoms with Gasteiger partial charge in [-0.15, -0.1) is 0 Å². The summed E-state index contributed by atoms with van der Waals surface area (Å²) in [6.07, 6.45) is 3.33. The molecule has 1 aliphatic heterocycles. The van der Waals surface area contributed by atoms with Crippen LogP contribution in [0.5, 0.6) is 0 Å². The molecule has 1 saturated heterocycles. The summed E-state index contributed by atoms with van der Waals surface area (Å²) in [5.41, 5.74) is 2.02. The molecule has 7 nitrogen and oxygen atoms in total. The summed E-state index contributed by atoms with van der Waals surface area (Å²) in [5, 5.41) is 14.6. The van der Waals surface area contributed by atoms with E-state index in [1.54, 1.807) is 6.07 Å². The summed E-state index contributed by atoms with van der Waals surface area (Å²) in [4.78, 5) is 24.3. The van der Waals surface area contributed by atoms with Gasteiger partial charge in [0.25, 0.3) is 5.56 Å². The van der Waals surface area contributed by atoms with Crippen molar-refractivity contribution in [3.8, 4) is 11.3 Å². The van der Waals surface area contributed by atoms with Crippen LogP contribution in [0.25, 0.3) is 22.0 Å². The van der Waals surface area contributed by atoms with Crippen molar-refractivity contribution in [3.63, 3.8) is 0 Å². The molecule has 156 valence electrons. The highest BCUT2D eigenvalue weighted by atomic mass is 16.5. The maximum atomic E-state index is 12.3. The topological polar surface area (TPSA) is 96.1 Å². The van der Waals surface area contributed by atoms with E-state index in [1.807, 2.05) is 42.5 Å². The Bertz CT molecular complexity index is 1070. The van der Waals surface area contributed by atoms with Crippen LogP contribution in [0.2, 0.25) is 0 Å². The molecule has 0 aliphatic carbocycles. The fourth-order valence-corrected chi connectivity index (χ4v) is 3.71. The molecular weight excluding hydrogens is 380 g/mol. The van der Waals surface area contributed by atoms with E-state index >= 15 is 0 Å².